The van der Waals surface area contributed by atoms with Crippen LogP contribution in [0.15, 0.2) is 30.3 Å². The van der Waals surface area contributed by atoms with Crippen molar-refractivity contribution in [3.8, 4) is 0 Å². The van der Waals surface area contributed by atoms with Crippen molar-refractivity contribution < 1.29 is 9.59 Å². The quantitative estimate of drug-likeness (QED) is 0.904. The van der Waals surface area contributed by atoms with Crippen LogP contribution in [-0.2, 0) is 9.59 Å². The van der Waals surface area contributed by atoms with Gasteiger partial charge in [-0.15, -0.1) is 0 Å². The van der Waals surface area contributed by atoms with Crippen LogP contribution in [0, 0.1) is 0 Å². The van der Waals surface area contributed by atoms with Gasteiger partial charge in [0.25, 0.3) is 0 Å². The second kappa shape index (κ2) is 7.36. The minimum Gasteiger partial charge on any atom is -0.334 e. The van der Waals surface area contributed by atoms with Gasteiger partial charge in [0.1, 0.15) is 6.04 Å². The molecule has 1 N–H and O–H groups in total. The lowest BCUT2D eigenvalue weighted by molar-refractivity contribution is -0.137. The van der Waals surface area contributed by atoms with Gasteiger partial charge in [-0.3, -0.25) is 9.59 Å². The van der Waals surface area contributed by atoms with E-state index in [1.807, 2.05) is 42.1 Å². The Morgan fingerprint density at radius 3 is 2.87 bits per heavy atom. The smallest absolute Gasteiger partial charge is 0.249 e. The largest absolute Gasteiger partial charge is 0.334 e. The number of benzene rings is 1. The molecule has 6 heteroatoms. The van der Waals surface area contributed by atoms with Gasteiger partial charge in [-0.25, -0.2) is 0 Å². The van der Waals surface area contributed by atoms with E-state index in [1.54, 1.807) is 16.8 Å². The number of para-hydroxylation sites is 1. The lowest BCUT2D eigenvalue weighted by Gasteiger charge is -2.28. The summed E-state index contributed by atoms with van der Waals surface area (Å²) in [6.07, 6.45) is 1.17. The zero-order valence-electron chi connectivity index (χ0n) is 13.4. The molecule has 5 nitrogen and oxygen atoms in total. The Hall–Kier alpha value is -1.53. The van der Waals surface area contributed by atoms with Gasteiger partial charge in [-0.1, -0.05) is 18.2 Å². The number of amides is 2. The third-order valence-electron chi connectivity index (χ3n) is 4.53. The Balaban J connectivity index is 1.60. The van der Waals surface area contributed by atoms with E-state index in [0.29, 0.717) is 19.4 Å². The minimum absolute atomic E-state index is 0.0260. The summed E-state index contributed by atoms with van der Waals surface area (Å²) in [5, 5.41) is 3.38. The Morgan fingerprint density at radius 2 is 2.17 bits per heavy atom. The number of carbonyl (C=O) groups is 2. The fourth-order valence-corrected chi connectivity index (χ4v) is 4.12. The second-order valence-electron chi connectivity index (χ2n) is 6.06. The molecule has 2 unspecified atom stereocenters. The number of nitrogens with one attached hydrogen (secondary N) is 1. The molecule has 124 valence electrons. The fraction of sp³-hybridized carbons (Fsp3) is 0.529. The molecule has 2 atom stereocenters. The molecule has 2 aliphatic heterocycles. The predicted molar refractivity (Wildman–Crippen MR) is 93.7 cm³/mol. The molecule has 2 heterocycles. The lowest BCUT2D eigenvalue weighted by Crippen LogP contribution is -2.46. The van der Waals surface area contributed by atoms with Crippen LogP contribution >= 0.6 is 11.8 Å². The van der Waals surface area contributed by atoms with Crippen molar-refractivity contribution in [2.45, 2.75) is 24.9 Å². The van der Waals surface area contributed by atoms with Crippen molar-refractivity contribution in [2.24, 2.45) is 0 Å². The first kappa shape index (κ1) is 16.3. The highest BCUT2D eigenvalue weighted by Gasteiger charge is 2.37. The second-order valence-corrected chi connectivity index (χ2v) is 7.21. The van der Waals surface area contributed by atoms with Gasteiger partial charge < -0.3 is 15.1 Å². The van der Waals surface area contributed by atoms with Gasteiger partial charge >= 0.3 is 0 Å². The van der Waals surface area contributed by atoms with Crippen LogP contribution in [0.1, 0.15) is 12.8 Å². The topological polar surface area (TPSA) is 52.7 Å². The normalized spacial score (nSPS) is 24.7. The molecule has 2 fully saturated rings. The molecule has 0 saturated carbocycles. The molecule has 0 bridgehead atoms. The number of hydrogen-bond acceptors (Lipinski definition) is 4. The summed E-state index contributed by atoms with van der Waals surface area (Å²) in [7, 11) is 1.76. The monoisotopic (exact) mass is 333 g/mol. The number of carbonyl (C=O) groups excluding carboxylic acids is 2. The van der Waals surface area contributed by atoms with Crippen LogP contribution in [0.3, 0.4) is 0 Å². The van der Waals surface area contributed by atoms with Crippen LogP contribution in [0.4, 0.5) is 5.69 Å². The summed E-state index contributed by atoms with van der Waals surface area (Å²) in [6.45, 7) is 1.62. The standard InChI is InChI=1S/C17H23N3O2S/c1-19(16(21)11-13-12-23-10-8-18-13)15-7-9-20(17(15)22)14-5-3-2-4-6-14/h2-6,13,15,18H,7-12H2,1H3. The molecule has 1 aromatic rings. The van der Waals surface area contributed by atoms with Gasteiger partial charge in [0.05, 0.1) is 0 Å². The molecular weight excluding hydrogens is 310 g/mol. The number of hydrogen-bond donors (Lipinski definition) is 1. The molecular formula is C17H23N3O2S. The highest BCUT2D eigenvalue weighted by molar-refractivity contribution is 7.99. The van der Waals surface area contributed by atoms with E-state index in [4.69, 9.17) is 0 Å². The Labute approximate surface area is 141 Å². The summed E-state index contributed by atoms with van der Waals surface area (Å²) in [5.74, 6) is 2.15. The number of anilines is 1. The maximum absolute atomic E-state index is 12.7. The van der Waals surface area contributed by atoms with E-state index in [9.17, 15) is 9.59 Å². The van der Waals surface area contributed by atoms with E-state index >= 15 is 0 Å². The van der Waals surface area contributed by atoms with E-state index in [2.05, 4.69) is 5.32 Å². The Morgan fingerprint density at radius 1 is 1.39 bits per heavy atom. The van der Waals surface area contributed by atoms with Crippen molar-refractivity contribution in [3.63, 3.8) is 0 Å². The van der Waals surface area contributed by atoms with Gasteiger partial charge in [0, 0.05) is 49.8 Å². The van der Waals surface area contributed by atoms with Crippen molar-refractivity contribution in [1.82, 2.24) is 10.2 Å². The lowest BCUT2D eigenvalue weighted by atomic mass is 10.1. The van der Waals surface area contributed by atoms with E-state index in [1.165, 1.54) is 0 Å². The van der Waals surface area contributed by atoms with Gasteiger partial charge in [-0.2, -0.15) is 11.8 Å². The van der Waals surface area contributed by atoms with Gasteiger partial charge in [0.2, 0.25) is 11.8 Å². The predicted octanol–water partition coefficient (Wildman–Crippen LogP) is 1.35. The highest BCUT2D eigenvalue weighted by Crippen LogP contribution is 2.24. The third-order valence-corrected chi connectivity index (χ3v) is 5.66. The molecule has 0 spiro atoms. The summed E-state index contributed by atoms with van der Waals surface area (Å²) in [6, 6.07) is 9.56. The zero-order valence-corrected chi connectivity index (χ0v) is 14.2. The van der Waals surface area contributed by atoms with Crippen LogP contribution in [-0.4, -0.2) is 60.4 Å². The van der Waals surface area contributed by atoms with E-state index < -0.39 is 0 Å². The summed E-state index contributed by atoms with van der Waals surface area (Å²) in [4.78, 5) is 28.6. The van der Waals surface area contributed by atoms with E-state index in [-0.39, 0.29) is 23.9 Å². The Kier molecular flexibility index (Phi) is 5.23. The molecule has 0 aromatic heterocycles. The third kappa shape index (κ3) is 3.70. The maximum atomic E-state index is 12.7. The molecule has 23 heavy (non-hydrogen) atoms. The molecule has 0 aliphatic carbocycles. The molecule has 0 radical (unpaired) electrons. The van der Waals surface area contributed by atoms with Crippen molar-refractivity contribution >= 4 is 29.3 Å². The summed E-state index contributed by atoms with van der Waals surface area (Å²) >= 11 is 1.88. The Bertz CT molecular complexity index is 560. The first-order chi connectivity index (χ1) is 11.2. The van der Waals surface area contributed by atoms with E-state index in [0.717, 1.165) is 23.7 Å². The van der Waals surface area contributed by atoms with Crippen molar-refractivity contribution in [3.05, 3.63) is 30.3 Å². The average Bonchev–Trinajstić information content (AvgIpc) is 2.97. The van der Waals surface area contributed by atoms with Crippen molar-refractivity contribution in [2.75, 3.05) is 36.5 Å². The SMILES string of the molecule is CN(C(=O)CC1CSCCN1)C1CCN(c2ccccc2)C1=O. The summed E-state index contributed by atoms with van der Waals surface area (Å²) < 4.78 is 0. The molecule has 3 rings (SSSR count). The van der Waals surface area contributed by atoms with Crippen molar-refractivity contribution in [1.29, 1.82) is 0 Å². The number of nitrogens with zero attached hydrogens (tertiary/aromatic N) is 2. The molecule has 2 amide bonds. The first-order valence-electron chi connectivity index (χ1n) is 8.10. The highest BCUT2D eigenvalue weighted by atomic mass is 32.2. The zero-order chi connectivity index (χ0) is 16.2. The summed E-state index contributed by atoms with van der Waals surface area (Å²) in [5.41, 5.74) is 0.909. The van der Waals surface area contributed by atoms with Crippen LogP contribution in [0.2, 0.25) is 0 Å². The van der Waals surface area contributed by atoms with Crippen LogP contribution < -0.4 is 10.2 Å². The number of likely N-dealkylation sites (N-methyl/N-ethyl adjacent to an activating group) is 1. The average molecular weight is 333 g/mol. The number of rotatable bonds is 4. The minimum atomic E-state index is -0.334. The fourth-order valence-electron chi connectivity index (χ4n) is 3.17. The van der Waals surface area contributed by atoms with Gasteiger partial charge in [0.15, 0.2) is 0 Å². The number of thioether (sulfide) groups is 1. The van der Waals surface area contributed by atoms with Gasteiger partial charge in [-0.05, 0) is 18.6 Å². The molecule has 2 aliphatic rings. The van der Waals surface area contributed by atoms with Crippen LogP contribution in [0.5, 0.6) is 0 Å². The van der Waals surface area contributed by atoms with Crippen LogP contribution in [0.25, 0.3) is 0 Å². The maximum Gasteiger partial charge on any atom is 0.249 e. The molecule has 1 aromatic carbocycles. The first-order valence-corrected chi connectivity index (χ1v) is 9.25. The molecule has 2 saturated heterocycles.